The molecule has 1 atom stereocenters. The zero-order chi connectivity index (χ0) is 13.5. The van der Waals surface area contributed by atoms with Crippen molar-refractivity contribution in [3.8, 4) is 0 Å². The second kappa shape index (κ2) is 7.07. The Balaban J connectivity index is 1.79. The Labute approximate surface area is 114 Å². The lowest BCUT2D eigenvalue weighted by atomic mass is 10.1. The van der Waals surface area contributed by atoms with Gasteiger partial charge in [-0.15, -0.1) is 0 Å². The number of benzene rings is 1. The van der Waals surface area contributed by atoms with E-state index in [0.717, 1.165) is 18.5 Å². The van der Waals surface area contributed by atoms with Crippen LogP contribution in [0.15, 0.2) is 42.5 Å². The predicted octanol–water partition coefficient (Wildman–Crippen LogP) is 0.892. The first-order valence-corrected chi connectivity index (χ1v) is 6.71. The number of hydrogen-bond donors (Lipinski definition) is 2. The topological polar surface area (TPSA) is 58.4 Å². The van der Waals surface area contributed by atoms with E-state index in [9.17, 15) is 4.79 Å². The van der Waals surface area contributed by atoms with Crippen molar-refractivity contribution >= 4 is 5.91 Å². The molecule has 1 amide bonds. The first kappa shape index (κ1) is 13.8. The smallest absolute Gasteiger partial charge is 0.234 e. The van der Waals surface area contributed by atoms with Gasteiger partial charge >= 0.3 is 0 Å². The third-order valence-corrected chi connectivity index (χ3v) is 3.33. The minimum absolute atomic E-state index is 0.0533. The Morgan fingerprint density at radius 1 is 1.37 bits per heavy atom. The molecule has 102 valence electrons. The highest BCUT2D eigenvalue weighted by atomic mass is 16.2. The van der Waals surface area contributed by atoms with E-state index in [1.54, 1.807) is 0 Å². The molecular formula is C15H21N3O. The summed E-state index contributed by atoms with van der Waals surface area (Å²) in [6.45, 7) is 2.45. The van der Waals surface area contributed by atoms with E-state index in [1.165, 1.54) is 0 Å². The molecule has 0 spiro atoms. The second-order valence-electron chi connectivity index (χ2n) is 4.75. The quantitative estimate of drug-likeness (QED) is 0.772. The van der Waals surface area contributed by atoms with Gasteiger partial charge in [-0.25, -0.2) is 0 Å². The zero-order valence-electron chi connectivity index (χ0n) is 11.1. The van der Waals surface area contributed by atoms with Gasteiger partial charge in [0.05, 0.1) is 6.54 Å². The Morgan fingerprint density at radius 3 is 2.89 bits per heavy atom. The highest BCUT2D eigenvalue weighted by molar-refractivity contribution is 5.78. The number of nitrogens with two attached hydrogens (primary N) is 1. The first-order valence-electron chi connectivity index (χ1n) is 6.71. The fourth-order valence-corrected chi connectivity index (χ4v) is 2.24. The lowest BCUT2D eigenvalue weighted by molar-refractivity contribution is -0.122. The average Bonchev–Trinajstić information content (AvgIpc) is 2.47. The van der Waals surface area contributed by atoms with Crippen LogP contribution in [0.2, 0.25) is 0 Å². The van der Waals surface area contributed by atoms with Crippen LogP contribution in [0, 0.1) is 0 Å². The van der Waals surface area contributed by atoms with Crippen LogP contribution < -0.4 is 11.1 Å². The van der Waals surface area contributed by atoms with E-state index in [2.05, 4.69) is 22.4 Å². The average molecular weight is 259 g/mol. The minimum atomic E-state index is 0.0533. The number of nitrogens with one attached hydrogen (secondary N) is 1. The van der Waals surface area contributed by atoms with Crippen LogP contribution in [0.1, 0.15) is 12.0 Å². The van der Waals surface area contributed by atoms with Crippen LogP contribution in [0.4, 0.5) is 0 Å². The molecule has 4 heteroatoms. The number of carbonyl (C=O) groups excluding carboxylic acids is 1. The summed E-state index contributed by atoms with van der Waals surface area (Å²) in [4.78, 5) is 14.1. The Hall–Kier alpha value is -1.65. The molecule has 0 aliphatic carbocycles. The number of rotatable bonds is 5. The van der Waals surface area contributed by atoms with Crippen molar-refractivity contribution in [3.05, 3.63) is 48.0 Å². The molecule has 0 bridgehead atoms. The molecule has 3 N–H and O–H groups in total. The maximum Gasteiger partial charge on any atom is 0.234 e. The maximum absolute atomic E-state index is 11.9. The van der Waals surface area contributed by atoms with E-state index < -0.39 is 0 Å². The normalized spacial score (nSPS) is 19.3. The van der Waals surface area contributed by atoms with Crippen LogP contribution in [0.5, 0.6) is 0 Å². The fraction of sp³-hybridized carbons (Fsp3) is 0.400. The zero-order valence-corrected chi connectivity index (χ0v) is 11.1. The summed E-state index contributed by atoms with van der Waals surface area (Å²) < 4.78 is 0. The molecule has 1 aromatic carbocycles. The highest BCUT2D eigenvalue weighted by Gasteiger charge is 2.19. The molecule has 1 heterocycles. The van der Waals surface area contributed by atoms with Gasteiger partial charge in [0.25, 0.3) is 0 Å². The first-order chi connectivity index (χ1) is 9.29. The Kier molecular flexibility index (Phi) is 5.12. The second-order valence-corrected chi connectivity index (χ2v) is 4.75. The van der Waals surface area contributed by atoms with Gasteiger partial charge in [-0.1, -0.05) is 42.5 Å². The van der Waals surface area contributed by atoms with Gasteiger partial charge in [-0.2, -0.15) is 0 Å². The lowest BCUT2D eigenvalue weighted by Gasteiger charge is -2.30. The number of carbonyl (C=O) groups is 1. The van der Waals surface area contributed by atoms with Crippen LogP contribution >= 0.6 is 0 Å². The van der Waals surface area contributed by atoms with Crippen LogP contribution in [-0.4, -0.2) is 36.5 Å². The minimum Gasteiger partial charge on any atom is -0.351 e. The van der Waals surface area contributed by atoms with E-state index in [4.69, 9.17) is 5.73 Å². The Morgan fingerprint density at radius 2 is 2.16 bits per heavy atom. The van der Waals surface area contributed by atoms with Gasteiger partial charge in [0.2, 0.25) is 5.91 Å². The van der Waals surface area contributed by atoms with E-state index in [0.29, 0.717) is 19.6 Å². The summed E-state index contributed by atoms with van der Waals surface area (Å²) in [6.07, 6.45) is 5.21. The molecule has 0 saturated carbocycles. The van der Waals surface area contributed by atoms with Gasteiger partial charge in [0.15, 0.2) is 0 Å². The van der Waals surface area contributed by atoms with E-state index in [-0.39, 0.29) is 11.9 Å². The van der Waals surface area contributed by atoms with E-state index in [1.807, 2.05) is 30.3 Å². The van der Waals surface area contributed by atoms with Crippen molar-refractivity contribution in [1.29, 1.82) is 0 Å². The molecular weight excluding hydrogens is 238 g/mol. The van der Waals surface area contributed by atoms with Gasteiger partial charge in [-0.3, -0.25) is 9.69 Å². The molecule has 19 heavy (non-hydrogen) atoms. The molecule has 4 nitrogen and oxygen atoms in total. The van der Waals surface area contributed by atoms with Crippen LogP contribution in [0.3, 0.4) is 0 Å². The molecule has 1 aliphatic heterocycles. The highest BCUT2D eigenvalue weighted by Crippen LogP contribution is 2.08. The number of amides is 1. The van der Waals surface area contributed by atoms with Crippen molar-refractivity contribution in [1.82, 2.24) is 10.2 Å². The third-order valence-electron chi connectivity index (χ3n) is 3.33. The summed E-state index contributed by atoms with van der Waals surface area (Å²) in [5.74, 6) is 0.0533. The van der Waals surface area contributed by atoms with Gasteiger partial charge in [-0.05, 0) is 12.0 Å². The fourth-order valence-electron chi connectivity index (χ4n) is 2.24. The summed E-state index contributed by atoms with van der Waals surface area (Å²) in [5, 5.41) is 2.95. The summed E-state index contributed by atoms with van der Waals surface area (Å²) in [6, 6.07) is 10.1. The van der Waals surface area contributed by atoms with Crippen molar-refractivity contribution in [3.63, 3.8) is 0 Å². The molecule has 0 radical (unpaired) electrons. The molecule has 0 saturated heterocycles. The van der Waals surface area contributed by atoms with Gasteiger partial charge < -0.3 is 11.1 Å². The van der Waals surface area contributed by atoms with Crippen molar-refractivity contribution < 1.29 is 4.79 Å². The summed E-state index contributed by atoms with van der Waals surface area (Å²) in [7, 11) is 0. The van der Waals surface area contributed by atoms with E-state index >= 15 is 0 Å². The molecule has 1 aromatic rings. The molecule has 0 fully saturated rings. The SMILES string of the molecule is NCC1C=CCCN1CC(=O)NCc1ccccc1. The number of hydrogen-bond acceptors (Lipinski definition) is 3. The number of nitrogens with zero attached hydrogens (tertiary/aromatic N) is 1. The van der Waals surface area contributed by atoms with Crippen molar-refractivity contribution in [2.45, 2.75) is 19.0 Å². The predicted molar refractivity (Wildman–Crippen MR) is 76.5 cm³/mol. The monoisotopic (exact) mass is 259 g/mol. The standard InChI is InChI=1S/C15H21N3O/c16-10-14-8-4-5-9-18(14)12-15(19)17-11-13-6-2-1-3-7-13/h1-4,6-8,14H,5,9-12,16H2,(H,17,19). The Bertz CT molecular complexity index is 430. The van der Waals surface area contributed by atoms with Crippen molar-refractivity contribution in [2.75, 3.05) is 19.6 Å². The van der Waals surface area contributed by atoms with Crippen LogP contribution in [-0.2, 0) is 11.3 Å². The van der Waals surface area contributed by atoms with Gasteiger partial charge in [0, 0.05) is 25.7 Å². The summed E-state index contributed by atoms with van der Waals surface area (Å²) in [5.41, 5.74) is 6.83. The van der Waals surface area contributed by atoms with Gasteiger partial charge in [0.1, 0.15) is 0 Å². The third kappa shape index (κ3) is 4.19. The molecule has 1 aliphatic rings. The maximum atomic E-state index is 11.9. The molecule has 0 aromatic heterocycles. The lowest BCUT2D eigenvalue weighted by Crippen LogP contribution is -2.46. The molecule has 2 rings (SSSR count). The molecule has 1 unspecified atom stereocenters. The summed E-state index contributed by atoms with van der Waals surface area (Å²) >= 11 is 0. The van der Waals surface area contributed by atoms with Crippen LogP contribution in [0.25, 0.3) is 0 Å². The van der Waals surface area contributed by atoms with Crippen molar-refractivity contribution in [2.24, 2.45) is 5.73 Å². The largest absolute Gasteiger partial charge is 0.351 e.